The Kier molecular flexibility index (Phi) is 4.03. The Morgan fingerprint density at radius 3 is 2.50 bits per heavy atom. The van der Waals surface area contributed by atoms with Gasteiger partial charge in [-0.25, -0.2) is 9.97 Å². The molecule has 0 aromatic carbocycles. The summed E-state index contributed by atoms with van der Waals surface area (Å²) in [5.41, 5.74) is 5.09. The molecule has 0 radical (unpaired) electrons. The normalized spacial score (nSPS) is 18.2. The highest BCUT2D eigenvalue weighted by atomic mass is 19.4. The van der Waals surface area contributed by atoms with E-state index in [9.17, 15) is 18.3 Å². The first-order valence-electron chi connectivity index (χ1n) is 6.41. The van der Waals surface area contributed by atoms with Gasteiger partial charge in [0.2, 0.25) is 5.82 Å². The van der Waals surface area contributed by atoms with Gasteiger partial charge in [-0.05, 0) is 12.8 Å². The van der Waals surface area contributed by atoms with E-state index in [-0.39, 0.29) is 23.7 Å². The van der Waals surface area contributed by atoms with E-state index in [1.54, 1.807) is 0 Å². The summed E-state index contributed by atoms with van der Waals surface area (Å²) in [6, 6.07) is 1.26. The number of halogens is 3. The van der Waals surface area contributed by atoms with E-state index in [1.165, 1.54) is 6.07 Å². The van der Waals surface area contributed by atoms with Crippen molar-refractivity contribution in [3.8, 4) is 0 Å². The summed E-state index contributed by atoms with van der Waals surface area (Å²) in [5.74, 6) is -1.46. The third-order valence-corrected chi connectivity index (χ3v) is 3.64. The monoisotopic (exact) mass is 290 g/mol. The first kappa shape index (κ1) is 14.8. The molecule has 1 aromatic rings. The SMILES string of the molecule is Nc1cc(NCC2(CO)CCCC2)nc(C(F)(F)F)n1. The molecular weight excluding hydrogens is 273 g/mol. The summed E-state index contributed by atoms with van der Waals surface area (Å²) >= 11 is 0. The van der Waals surface area contributed by atoms with E-state index in [2.05, 4.69) is 15.3 Å². The summed E-state index contributed by atoms with van der Waals surface area (Å²) in [6.45, 7) is 0.379. The van der Waals surface area contributed by atoms with Gasteiger partial charge in [-0.2, -0.15) is 13.2 Å². The lowest BCUT2D eigenvalue weighted by molar-refractivity contribution is -0.144. The highest BCUT2D eigenvalue weighted by Gasteiger charge is 2.36. The minimum absolute atomic E-state index is 0.00664. The van der Waals surface area contributed by atoms with Crippen molar-refractivity contribution in [3.05, 3.63) is 11.9 Å². The van der Waals surface area contributed by atoms with E-state index < -0.39 is 12.0 Å². The average Bonchev–Trinajstić information content (AvgIpc) is 2.84. The fourth-order valence-electron chi connectivity index (χ4n) is 2.48. The van der Waals surface area contributed by atoms with Gasteiger partial charge in [0.1, 0.15) is 11.6 Å². The van der Waals surface area contributed by atoms with Crippen molar-refractivity contribution >= 4 is 11.6 Å². The first-order valence-corrected chi connectivity index (χ1v) is 6.41. The van der Waals surface area contributed by atoms with Crippen LogP contribution in [0.3, 0.4) is 0 Å². The van der Waals surface area contributed by atoms with Gasteiger partial charge in [0, 0.05) is 18.0 Å². The van der Waals surface area contributed by atoms with E-state index in [4.69, 9.17) is 5.73 Å². The molecule has 0 saturated heterocycles. The van der Waals surface area contributed by atoms with Gasteiger partial charge in [0.05, 0.1) is 6.61 Å². The molecule has 5 nitrogen and oxygen atoms in total. The van der Waals surface area contributed by atoms with Crippen LogP contribution in [0.5, 0.6) is 0 Å². The molecule has 4 N–H and O–H groups in total. The molecule has 1 aliphatic carbocycles. The average molecular weight is 290 g/mol. The van der Waals surface area contributed by atoms with Crippen molar-refractivity contribution in [1.29, 1.82) is 0 Å². The van der Waals surface area contributed by atoms with Crippen LogP contribution in [-0.4, -0.2) is 28.2 Å². The number of aliphatic hydroxyl groups is 1. The number of alkyl halides is 3. The second kappa shape index (κ2) is 5.43. The molecule has 1 fully saturated rings. The lowest BCUT2D eigenvalue weighted by Crippen LogP contribution is -2.31. The molecule has 8 heteroatoms. The lowest BCUT2D eigenvalue weighted by atomic mass is 9.87. The third-order valence-electron chi connectivity index (χ3n) is 3.64. The van der Waals surface area contributed by atoms with E-state index in [1.807, 2.05) is 0 Å². The topological polar surface area (TPSA) is 84.1 Å². The van der Waals surface area contributed by atoms with Gasteiger partial charge in [0.25, 0.3) is 0 Å². The van der Waals surface area contributed by atoms with Gasteiger partial charge in [-0.1, -0.05) is 12.8 Å². The largest absolute Gasteiger partial charge is 0.451 e. The van der Waals surface area contributed by atoms with Crippen LogP contribution >= 0.6 is 0 Å². The molecule has 1 saturated carbocycles. The zero-order chi connectivity index (χ0) is 14.8. The highest BCUT2D eigenvalue weighted by Crippen LogP contribution is 2.37. The van der Waals surface area contributed by atoms with E-state index >= 15 is 0 Å². The van der Waals surface area contributed by atoms with Crippen molar-refractivity contribution in [1.82, 2.24) is 9.97 Å². The molecule has 1 aliphatic rings. The second-order valence-corrected chi connectivity index (χ2v) is 5.22. The maximum Gasteiger partial charge on any atom is 0.451 e. The Bertz CT molecular complexity index is 472. The number of aliphatic hydroxyl groups excluding tert-OH is 1. The summed E-state index contributed by atoms with van der Waals surface area (Å²) in [7, 11) is 0. The number of nitrogens with zero attached hydrogens (tertiary/aromatic N) is 2. The maximum absolute atomic E-state index is 12.6. The van der Waals surface area contributed by atoms with Crippen molar-refractivity contribution in [3.63, 3.8) is 0 Å². The summed E-state index contributed by atoms with van der Waals surface area (Å²) in [5, 5.41) is 12.3. The van der Waals surface area contributed by atoms with Crippen LogP contribution in [0.2, 0.25) is 0 Å². The lowest BCUT2D eigenvalue weighted by Gasteiger charge is -2.27. The van der Waals surface area contributed by atoms with Crippen LogP contribution in [0, 0.1) is 5.41 Å². The number of nitrogen functional groups attached to an aromatic ring is 1. The van der Waals surface area contributed by atoms with E-state index in [0.717, 1.165) is 25.7 Å². The highest BCUT2D eigenvalue weighted by molar-refractivity contribution is 5.45. The Labute approximate surface area is 114 Å². The quantitative estimate of drug-likeness (QED) is 0.790. The van der Waals surface area contributed by atoms with Crippen LogP contribution < -0.4 is 11.1 Å². The number of anilines is 2. The number of rotatable bonds is 4. The molecule has 0 atom stereocenters. The van der Waals surface area contributed by atoms with Gasteiger partial charge in [-0.3, -0.25) is 0 Å². The molecule has 20 heavy (non-hydrogen) atoms. The Balaban J connectivity index is 2.11. The Morgan fingerprint density at radius 1 is 1.30 bits per heavy atom. The second-order valence-electron chi connectivity index (χ2n) is 5.22. The predicted molar refractivity (Wildman–Crippen MR) is 67.9 cm³/mol. The Morgan fingerprint density at radius 2 is 1.95 bits per heavy atom. The number of nitrogens with two attached hydrogens (primary N) is 1. The number of hydrogen-bond donors (Lipinski definition) is 3. The van der Waals surface area contributed by atoms with Gasteiger partial charge in [0.15, 0.2) is 0 Å². The number of nitrogens with one attached hydrogen (secondary N) is 1. The van der Waals surface area contributed by atoms with E-state index in [0.29, 0.717) is 6.54 Å². The fourth-order valence-corrected chi connectivity index (χ4v) is 2.48. The smallest absolute Gasteiger partial charge is 0.396 e. The van der Waals surface area contributed by atoms with Crippen molar-refractivity contribution in [2.75, 3.05) is 24.2 Å². The Hall–Kier alpha value is -1.57. The summed E-state index contributed by atoms with van der Waals surface area (Å²) in [6.07, 6.45) is -0.899. The minimum atomic E-state index is -4.63. The number of aromatic nitrogens is 2. The molecule has 0 amide bonds. The van der Waals surface area contributed by atoms with Crippen LogP contribution in [0.4, 0.5) is 24.8 Å². The molecule has 112 valence electrons. The fraction of sp³-hybridized carbons (Fsp3) is 0.667. The summed E-state index contributed by atoms with van der Waals surface area (Å²) in [4.78, 5) is 6.60. The van der Waals surface area contributed by atoms with Gasteiger partial charge in [-0.15, -0.1) is 0 Å². The molecule has 0 bridgehead atoms. The summed E-state index contributed by atoms with van der Waals surface area (Å²) < 4.78 is 37.7. The first-order chi connectivity index (χ1) is 9.35. The minimum Gasteiger partial charge on any atom is -0.396 e. The maximum atomic E-state index is 12.6. The predicted octanol–water partition coefficient (Wildman–Crippen LogP) is 2.04. The molecule has 0 aliphatic heterocycles. The number of hydrogen-bond acceptors (Lipinski definition) is 5. The molecule has 1 heterocycles. The zero-order valence-corrected chi connectivity index (χ0v) is 10.9. The third kappa shape index (κ3) is 3.30. The molecular formula is C12H17F3N4O. The molecule has 0 spiro atoms. The van der Waals surface area contributed by atoms with Crippen molar-refractivity contribution in [2.45, 2.75) is 31.9 Å². The van der Waals surface area contributed by atoms with Crippen LogP contribution in [-0.2, 0) is 6.18 Å². The van der Waals surface area contributed by atoms with Gasteiger partial charge >= 0.3 is 6.18 Å². The molecule has 1 aromatic heterocycles. The zero-order valence-electron chi connectivity index (χ0n) is 10.9. The van der Waals surface area contributed by atoms with Crippen LogP contribution in [0.1, 0.15) is 31.5 Å². The molecule has 2 rings (SSSR count). The van der Waals surface area contributed by atoms with Crippen LogP contribution in [0.15, 0.2) is 6.07 Å². The van der Waals surface area contributed by atoms with Gasteiger partial charge < -0.3 is 16.2 Å². The standard InChI is InChI=1S/C12H17F3N4O/c13-12(14,15)10-18-8(16)5-9(19-10)17-6-11(7-20)3-1-2-4-11/h5,20H,1-4,6-7H2,(H3,16,17,18,19). The molecule has 0 unspecified atom stereocenters. The van der Waals surface area contributed by atoms with Crippen LogP contribution in [0.25, 0.3) is 0 Å². The van der Waals surface area contributed by atoms with Crippen molar-refractivity contribution in [2.24, 2.45) is 5.41 Å². The van der Waals surface area contributed by atoms with Crippen molar-refractivity contribution < 1.29 is 18.3 Å².